The van der Waals surface area contributed by atoms with Gasteiger partial charge in [0.2, 0.25) is 0 Å². The van der Waals surface area contributed by atoms with Crippen molar-refractivity contribution < 1.29 is 24.5 Å². The first kappa shape index (κ1) is 14.9. The summed E-state index contributed by atoms with van der Waals surface area (Å²) in [5.74, 6) is -4.91. The fraction of sp³-hybridized carbons (Fsp3) is 0.263. The Hall–Kier alpha value is -2.66. The fourth-order valence-corrected chi connectivity index (χ4v) is 4.62. The van der Waals surface area contributed by atoms with Crippen LogP contribution < -0.4 is 0 Å². The molecule has 24 heavy (non-hydrogen) atoms. The molecule has 0 heterocycles. The van der Waals surface area contributed by atoms with E-state index in [9.17, 15) is 19.8 Å². The lowest BCUT2D eigenvalue weighted by Crippen LogP contribution is -2.65. The molecule has 2 aromatic rings. The molecule has 0 saturated heterocycles. The second kappa shape index (κ2) is 4.92. The van der Waals surface area contributed by atoms with Crippen LogP contribution in [0.4, 0.5) is 0 Å². The SMILES string of the molecule is COC12c3ccccc3-c3ccccc3C1[C@@H](C(=O)O)[C@H]2C(=O)O. The van der Waals surface area contributed by atoms with E-state index < -0.39 is 35.3 Å². The summed E-state index contributed by atoms with van der Waals surface area (Å²) >= 11 is 0. The molecule has 2 aromatic carbocycles. The van der Waals surface area contributed by atoms with Gasteiger partial charge in [-0.25, -0.2) is 0 Å². The number of aliphatic carboxylic acids is 2. The van der Waals surface area contributed by atoms with Gasteiger partial charge in [0.25, 0.3) is 0 Å². The van der Waals surface area contributed by atoms with E-state index in [0.29, 0.717) is 0 Å². The van der Waals surface area contributed by atoms with Crippen molar-refractivity contribution in [3.8, 4) is 11.1 Å². The number of fused-ring (bicyclic) bond motifs is 6. The fourth-order valence-electron chi connectivity index (χ4n) is 4.62. The van der Waals surface area contributed by atoms with Crippen LogP contribution in [0.1, 0.15) is 17.0 Å². The molecule has 1 saturated carbocycles. The molecule has 5 heteroatoms. The minimum Gasteiger partial charge on any atom is -0.481 e. The molecule has 0 amide bonds. The van der Waals surface area contributed by atoms with E-state index in [1.54, 1.807) is 0 Å². The van der Waals surface area contributed by atoms with Crippen molar-refractivity contribution in [1.29, 1.82) is 0 Å². The van der Waals surface area contributed by atoms with Crippen LogP contribution in [0.25, 0.3) is 11.1 Å². The first-order valence-corrected chi connectivity index (χ1v) is 7.73. The Morgan fingerprint density at radius 1 is 0.958 bits per heavy atom. The van der Waals surface area contributed by atoms with Crippen LogP contribution in [-0.2, 0) is 19.9 Å². The zero-order chi connectivity index (χ0) is 17.1. The van der Waals surface area contributed by atoms with E-state index in [-0.39, 0.29) is 0 Å². The summed E-state index contributed by atoms with van der Waals surface area (Å²) in [4.78, 5) is 23.7. The van der Waals surface area contributed by atoms with E-state index in [1.165, 1.54) is 7.11 Å². The number of carboxylic acids is 2. The zero-order valence-electron chi connectivity index (χ0n) is 13.0. The molecule has 4 rings (SSSR count). The van der Waals surface area contributed by atoms with Gasteiger partial charge in [0.1, 0.15) is 11.5 Å². The number of rotatable bonds is 3. The molecular weight excluding hydrogens is 308 g/mol. The Bertz CT molecular complexity index is 858. The van der Waals surface area contributed by atoms with Gasteiger partial charge in [0, 0.05) is 13.0 Å². The second-order valence-corrected chi connectivity index (χ2v) is 6.29. The average molecular weight is 324 g/mol. The molecule has 0 aliphatic heterocycles. The zero-order valence-corrected chi connectivity index (χ0v) is 13.0. The number of carboxylic acid groups (broad SMARTS) is 2. The average Bonchev–Trinajstić information content (AvgIpc) is 2.54. The Morgan fingerprint density at radius 3 is 2.21 bits per heavy atom. The summed E-state index contributed by atoms with van der Waals surface area (Å²) in [6.07, 6.45) is 0. The number of benzene rings is 2. The third-order valence-electron chi connectivity index (χ3n) is 5.47. The molecular formula is C19H16O5. The minimum absolute atomic E-state index is 0.521. The predicted molar refractivity (Wildman–Crippen MR) is 85.6 cm³/mol. The maximum absolute atomic E-state index is 11.9. The van der Waals surface area contributed by atoms with E-state index in [1.807, 2.05) is 48.5 Å². The van der Waals surface area contributed by atoms with Crippen molar-refractivity contribution in [1.82, 2.24) is 0 Å². The highest BCUT2D eigenvalue weighted by Crippen LogP contribution is 2.67. The third-order valence-corrected chi connectivity index (χ3v) is 5.47. The highest BCUT2D eigenvalue weighted by Gasteiger charge is 2.71. The summed E-state index contributed by atoms with van der Waals surface area (Å²) in [6.45, 7) is 0. The Labute approximate surface area is 138 Å². The van der Waals surface area contributed by atoms with Gasteiger partial charge in [-0.15, -0.1) is 0 Å². The first-order valence-electron chi connectivity index (χ1n) is 7.73. The lowest BCUT2D eigenvalue weighted by atomic mass is 9.46. The van der Waals surface area contributed by atoms with Crippen molar-refractivity contribution in [3.63, 3.8) is 0 Å². The Morgan fingerprint density at radius 2 is 1.58 bits per heavy atom. The number of hydrogen-bond acceptors (Lipinski definition) is 3. The van der Waals surface area contributed by atoms with E-state index in [0.717, 1.165) is 22.3 Å². The smallest absolute Gasteiger partial charge is 0.310 e. The third kappa shape index (κ3) is 1.57. The largest absolute Gasteiger partial charge is 0.481 e. The van der Waals surface area contributed by atoms with Gasteiger partial charge in [-0.1, -0.05) is 48.5 Å². The number of hydrogen-bond donors (Lipinski definition) is 2. The molecule has 2 N–H and O–H groups in total. The minimum atomic E-state index is -1.15. The summed E-state index contributed by atoms with van der Waals surface area (Å²) in [5, 5.41) is 19.4. The lowest BCUT2D eigenvalue weighted by Gasteiger charge is -2.59. The monoisotopic (exact) mass is 324 g/mol. The normalized spacial score (nSPS) is 29.6. The lowest BCUT2D eigenvalue weighted by molar-refractivity contribution is -0.217. The summed E-state index contributed by atoms with van der Waals surface area (Å²) in [7, 11) is 1.46. The van der Waals surface area contributed by atoms with E-state index >= 15 is 0 Å². The van der Waals surface area contributed by atoms with Gasteiger partial charge < -0.3 is 14.9 Å². The number of carbonyl (C=O) groups is 2. The predicted octanol–water partition coefficient (Wildman–Crippen LogP) is 2.71. The molecule has 0 bridgehead atoms. The van der Waals surface area contributed by atoms with Crippen molar-refractivity contribution >= 4 is 11.9 Å². The van der Waals surface area contributed by atoms with Gasteiger partial charge in [-0.3, -0.25) is 9.59 Å². The topological polar surface area (TPSA) is 83.8 Å². The Balaban J connectivity index is 2.06. The van der Waals surface area contributed by atoms with E-state index in [2.05, 4.69) is 0 Å². The molecule has 0 radical (unpaired) electrons. The van der Waals surface area contributed by atoms with Crippen LogP contribution in [0.3, 0.4) is 0 Å². The molecule has 0 aromatic heterocycles. The van der Waals surface area contributed by atoms with Gasteiger partial charge >= 0.3 is 11.9 Å². The highest BCUT2D eigenvalue weighted by molar-refractivity contribution is 5.90. The van der Waals surface area contributed by atoms with Crippen LogP contribution in [0.15, 0.2) is 48.5 Å². The molecule has 122 valence electrons. The van der Waals surface area contributed by atoms with Gasteiger partial charge in [-0.2, -0.15) is 0 Å². The van der Waals surface area contributed by atoms with Crippen molar-refractivity contribution in [2.45, 2.75) is 11.5 Å². The number of ether oxygens (including phenoxy) is 1. The van der Waals surface area contributed by atoms with Gasteiger partial charge in [0.05, 0.1) is 5.92 Å². The van der Waals surface area contributed by atoms with Crippen LogP contribution in [0.2, 0.25) is 0 Å². The highest BCUT2D eigenvalue weighted by atomic mass is 16.5. The standard InChI is InChI=1S/C19H16O5/c1-24-19-13-9-5-4-7-11(13)10-6-2-3-8-12(10)15(19)14(17(20)21)16(19)18(22)23/h2-9,14-16H,1H3,(H,20,21)(H,22,23)/t14-,15?,16+,19?/m1/s1. The molecule has 2 aliphatic rings. The quantitative estimate of drug-likeness (QED) is 0.907. The van der Waals surface area contributed by atoms with Crippen LogP contribution in [-0.4, -0.2) is 29.3 Å². The summed E-state index contributed by atoms with van der Waals surface area (Å²) < 4.78 is 5.77. The van der Waals surface area contributed by atoms with Gasteiger partial charge in [-0.05, 0) is 22.3 Å². The maximum Gasteiger partial charge on any atom is 0.310 e. The Kier molecular flexibility index (Phi) is 3.05. The summed E-state index contributed by atoms with van der Waals surface area (Å²) in [6, 6.07) is 15.1. The molecule has 2 aliphatic carbocycles. The molecule has 1 fully saturated rings. The van der Waals surface area contributed by atoms with Crippen molar-refractivity contribution in [2.24, 2.45) is 11.8 Å². The maximum atomic E-state index is 11.9. The first-order chi connectivity index (χ1) is 11.5. The molecule has 0 spiro atoms. The summed E-state index contributed by atoms with van der Waals surface area (Å²) in [5.41, 5.74) is 2.28. The van der Waals surface area contributed by atoms with Crippen LogP contribution >= 0.6 is 0 Å². The van der Waals surface area contributed by atoms with Gasteiger partial charge in [0.15, 0.2) is 0 Å². The second-order valence-electron chi connectivity index (χ2n) is 6.29. The van der Waals surface area contributed by atoms with Crippen LogP contribution in [0.5, 0.6) is 0 Å². The van der Waals surface area contributed by atoms with Crippen molar-refractivity contribution in [3.05, 3.63) is 59.7 Å². The number of methoxy groups -OCH3 is 1. The van der Waals surface area contributed by atoms with E-state index in [4.69, 9.17) is 4.74 Å². The molecule has 2 unspecified atom stereocenters. The molecule has 4 atom stereocenters. The van der Waals surface area contributed by atoms with Crippen LogP contribution in [0, 0.1) is 11.8 Å². The van der Waals surface area contributed by atoms with Crippen molar-refractivity contribution in [2.75, 3.05) is 7.11 Å². The molecule has 5 nitrogen and oxygen atoms in total.